The van der Waals surface area contributed by atoms with Gasteiger partial charge in [0, 0.05) is 26.3 Å². The highest BCUT2D eigenvalue weighted by Gasteiger charge is 2.20. The number of aliphatic hydroxyl groups is 1. The van der Waals surface area contributed by atoms with Crippen molar-refractivity contribution in [1.82, 2.24) is 0 Å². The third-order valence-corrected chi connectivity index (χ3v) is 6.24. The molecule has 0 heterocycles. The Hall–Kier alpha value is -2.21. The molecular weight excluding hydrogens is 430 g/mol. The zero-order valence-corrected chi connectivity index (χ0v) is 21.5. The summed E-state index contributed by atoms with van der Waals surface area (Å²) in [5.74, 6) is -0.555. The third-order valence-electron chi connectivity index (χ3n) is 6.24. The van der Waals surface area contributed by atoms with E-state index in [1.807, 2.05) is 0 Å². The van der Waals surface area contributed by atoms with Crippen molar-refractivity contribution in [2.24, 2.45) is 5.92 Å². The van der Waals surface area contributed by atoms with Crippen LogP contribution in [-0.2, 0) is 14.4 Å². The van der Waals surface area contributed by atoms with Gasteiger partial charge in [-0.25, -0.2) is 0 Å². The number of Topliss-reactive ketones (excluding diaryl/α,β-unsaturated/α-hetero) is 1. The van der Waals surface area contributed by atoms with Gasteiger partial charge in [-0.05, 0) is 31.4 Å². The van der Waals surface area contributed by atoms with Crippen LogP contribution in [0.5, 0.6) is 5.75 Å². The lowest BCUT2D eigenvalue weighted by molar-refractivity contribution is -0.132. The smallest absolute Gasteiger partial charge is 0.308 e. The van der Waals surface area contributed by atoms with Gasteiger partial charge in [-0.2, -0.15) is 0 Å². The van der Waals surface area contributed by atoms with Crippen LogP contribution in [0, 0.1) is 5.92 Å². The number of anilines is 1. The largest absolute Gasteiger partial charge is 0.424 e. The number of hydrogen-bond donors (Lipinski definition) is 1. The monoisotopic (exact) mass is 475 g/mol. The maximum absolute atomic E-state index is 12.3. The molecule has 0 saturated carbocycles. The predicted octanol–water partition coefficient (Wildman–Crippen LogP) is 6.23. The molecule has 6 nitrogen and oxygen atoms in total. The molecule has 192 valence electrons. The summed E-state index contributed by atoms with van der Waals surface area (Å²) in [5.41, 5.74) is 0.546. The number of amides is 1. The average molecular weight is 476 g/mol. The number of carbonyl (C=O) groups excluding carboxylic acids is 3. The highest BCUT2D eigenvalue weighted by Crippen LogP contribution is 2.29. The van der Waals surface area contributed by atoms with Crippen molar-refractivity contribution < 1.29 is 24.2 Å². The second-order valence-electron chi connectivity index (χ2n) is 9.17. The number of ketones is 1. The summed E-state index contributed by atoms with van der Waals surface area (Å²) in [5, 5.41) is 9.40. The van der Waals surface area contributed by atoms with Crippen molar-refractivity contribution in [3.05, 3.63) is 24.3 Å². The first-order chi connectivity index (χ1) is 16.4. The SMILES string of the molecule is CCCCCCCCCCCCC(CCCN(C(C)=O)c1ccccc1OC(C)=O)C(=O)CO. The van der Waals surface area contributed by atoms with Crippen LogP contribution in [0.3, 0.4) is 0 Å². The number of esters is 1. The van der Waals surface area contributed by atoms with Gasteiger partial charge >= 0.3 is 5.97 Å². The fraction of sp³-hybridized carbons (Fsp3) is 0.679. The Morgan fingerprint density at radius 3 is 1.97 bits per heavy atom. The van der Waals surface area contributed by atoms with E-state index < -0.39 is 12.6 Å². The molecule has 0 aliphatic rings. The van der Waals surface area contributed by atoms with Crippen LogP contribution in [0.1, 0.15) is 104 Å². The van der Waals surface area contributed by atoms with Crippen LogP contribution >= 0.6 is 0 Å². The standard InChI is InChI=1S/C28H45NO5/c1-4-5-6-7-8-9-10-11-12-13-17-25(27(33)22-30)18-16-21-29(23(2)31)26-19-14-15-20-28(26)34-24(3)32/h14-15,19-20,25,30H,4-13,16-18,21-22H2,1-3H3. The molecule has 1 atom stereocenters. The summed E-state index contributed by atoms with van der Waals surface area (Å²) in [6.07, 6.45) is 14.5. The molecule has 1 N–H and O–H groups in total. The second-order valence-corrected chi connectivity index (χ2v) is 9.17. The number of nitrogens with zero attached hydrogens (tertiary/aromatic N) is 1. The van der Waals surface area contributed by atoms with Crippen molar-refractivity contribution in [2.45, 2.75) is 104 Å². The Bertz CT molecular complexity index is 733. The van der Waals surface area contributed by atoms with Crippen molar-refractivity contribution in [3.63, 3.8) is 0 Å². The first-order valence-electron chi connectivity index (χ1n) is 13.1. The summed E-state index contributed by atoms with van der Waals surface area (Å²) in [4.78, 5) is 37.6. The van der Waals surface area contributed by atoms with Crippen LogP contribution in [0.25, 0.3) is 0 Å². The number of carbonyl (C=O) groups is 3. The molecule has 0 bridgehead atoms. The molecule has 1 amide bonds. The van der Waals surface area contributed by atoms with Gasteiger partial charge in [0.15, 0.2) is 11.5 Å². The molecule has 34 heavy (non-hydrogen) atoms. The quantitative estimate of drug-likeness (QED) is 0.146. The van der Waals surface area contributed by atoms with E-state index in [0.29, 0.717) is 30.8 Å². The molecule has 6 heteroatoms. The Kier molecular flexibility index (Phi) is 15.9. The fourth-order valence-electron chi connectivity index (χ4n) is 4.34. The maximum atomic E-state index is 12.3. The van der Waals surface area contributed by atoms with Crippen LogP contribution in [0.15, 0.2) is 24.3 Å². The molecule has 1 aromatic rings. The lowest BCUT2D eigenvalue weighted by Crippen LogP contribution is -2.31. The zero-order chi connectivity index (χ0) is 25.2. The normalized spacial score (nSPS) is 11.8. The van der Waals surface area contributed by atoms with Gasteiger partial charge in [0.25, 0.3) is 0 Å². The maximum Gasteiger partial charge on any atom is 0.308 e. The van der Waals surface area contributed by atoms with E-state index in [-0.39, 0.29) is 17.6 Å². The van der Waals surface area contributed by atoms with E-state index in [1.165, 1.54) is 65.2 Å². The molecule has 0 spiro atoms. The molecule has 0 aliphatic heterocycles. The predicted molar refractivity (Wildman–Crippen MR) is 137 cm³/mol. The van der Waals surface area contributed by atoms with Gasteiger partial charge in [-0.3, -0.25) is 14.4 Å². The number of benzene rings is 1. The van der Waals surface area contributed by atoms with E-state index in [9.17, 15) is 19.5 Å². The third kappa shape index (κ3) is 12.3. The Morgan fingerprint density at radius 2 is 1.41 bits per heavy atom. The van der Waals surface area contributed by atoms with Crippen molar-refractivity contribution in [2.75, 3.05) is 18.1 Å². The topological polar surface area (TPSA) is 83.9 Å². The molecule has 1 aromatic carbocycles. The summed E-state index contributed by atoms with van der Waals surface area (Å²) in [6.45, 7) is 5.02. The lowest BCUT2D eigenvalue weighted by Gasteiger charge is -2.24. The average Bonchev–Trinajstić information content (AvgIpc) is 2.81. The summed E-state index contributed by atoms with van der Waals surface area (Å²) < 4.78 is 5.26. The first-order valence-corrected chi connectivity index (χ1v) is 13.1. The number of aliphatic hydroxyl groups excluding tert-OH is 1. The van der Waals surface area contributed by atoms with Gasteiger partial charge in [0.2, 0.25) is 5.91 Å². The summed E-state index contributed by atoms with van der Waals surface area (Å²) in [6, 6.07) is 6.96. The van der Waals surface area contributed by atoms with Gasteiger partial charge in [0.05, 0.1) is 5.69 Å². The van der Waals surface area contributed by atoms with E-state index in [0.717, 1.165) is 19.3 Å². The zero-order valence-electron chi connectivity index (χ0n) is 21.5. The molecule has 1 unspecified atom stereocenters. The minimum atomic E-state index is -0.443. The van der Waals surface area contributed by atoms with Crippen molar-refractivity contribution in [1.29, 1.82) is 0 Å². The molecule has 1 rings (SSSR count). The number of hydrogen-bond acceptors (Lipinski definition) is 5. The summed E-state index contributed by atoms with van der Waals surface area (Å²) in [7, 11) is 0. The number of ether oxygens (including phenoxy) is 1. The van der Waals surface area contributed by atoms with Crippen molar-refractivity contribution in [3.8, 4) is 5.75 Å². The van der Waals surface area contributed by atoms with E-state index >= 15 is 0 Å². The highest BCUT2D eigenvalue weighted by molar-refractivity contribution is 5.93. The van der Waals surface area contributed by atoms with Gasteiger partial charge in [0.1, 0.15) is 6.61 Å². The molecular formula is C28H45NO5. The van der Waals surface area contributed by atoms with Crippen molar-refractivity contribution >= 4 is 23.3 Å². The lowest BCUT2D eigenvalue weighted by atomic mass is 9.92. The van der Waals surface area contributed by atoms with E-state index in [4.69, 9.17) is 4.74 Å². The van der Waals surface area contributed by atoms with Crippen LogP contribution in [0.2, 0.25) is 0 Å². The Morgan fingerprint density at radius 1 is 0.853 bits per heavy atom. The second kappa shape index (κ2) is 18.2. The van der Waals surface area contributed by atoms with Gasteiger partial charge in [-0.15, -0.1) is 0 Å². The fourth-order valence-corrected chi connectivity index (χ4v) is 4.34. The van der Waals surface area contributed by atoms with E-state index in [2.05, 4.69) is 6.92 Å². The highest BCUT2D eigenvalue weighted by atomic mass is 16.5. The molecule has 0 aromatic heterocycles. The number of rotatable bonds is 19. The van der Waals surface area contributed by atoms with E-state index in [1.54, 1.807) is 29.2 Å². The van der Waals surface area contributed by atoms with Crippen LogP contribution in [0.4, 0.5) is 5.69 Å². The number of para-hydroxylation sites is 2. The summed E-state index contributed by atoms with van der Waals surface area (Å²) >= 11 is 0. The Balaban J connectivity index is 2.48. The first kappa shape index (κ1) is 29.8. The van der Waals surface area contributed by atoms with Gasteiger partial charge in [-0.1, -0.05) is 83.3 Å². The molecule has 0 saturated heterocycles. The van der Waals surface area contributed by atoms with Crippen LogP contribution < -0.4 is 9.64 Å². The molecule has 0 aliphatic carbocycles. The van der Waals surface area contributed by atoms with Gasteiger partial charge < -0.3 is 14.7 Å². The number of unbranched alkanes of at least 4 members (excludes halogenated alkanes) is 9. The molecule has 0 fully saturated rings. The Labute approximate surface area is 206 Å². The minimum Gasteiger partial charge on any atom is -0.424 e. The minimum absolute atomic E-state index is 0.120. The molecule has 0 radical (unpaired) electrons. The van der Waals surface area contributed by atoms with Crippen LogP contribution in [-0.4, -0.2) is 35.9 Å².